The van der Waals surface area contributed by atoms with Gasteiger partial charge in [-0.1, -0.05) is 41.6 Å². The molecule has 26 heavy (non-hydrogen) atoms. The third-order valence-corrected chi connectivity index (χ3v) is 4.11. The molecule has 0 aliphatic rings. The Morgan fingerprint density at radius 3 is 2.69 bits per heavy atom. The third kappa shape index (κ3) is 3.74. The van der Waals surface area contributed by atoms with Gasteiger partial charge in [-0.2, -0.15) is 5.10 Å². The van der Waals surface area contributed by atoms with Crippen molar-refractivity contribution in [3.63, 3.8) is 0 Å². The summed E-state index contributed by atoms with van der Waals surface area (Å²) >= 11 is 0. The normalized spacial score (nSPS) is 11.5. The zero-order valence-electron chi connectivity index (χ0n) is 15.4. The zero-order valence-corrected chi connectivity index (χ0v) is 15.4. The minimum Gasteiger partial charge on any atom is -0.489 e. The fourth-order valence-electron chi connectivity index (χ4n) is 2.71. The van der Waals surface area contributed by atoms with E-state index < -0.39 is 0 Å². The number of oxime groups is 1. The van der Waals surface area contributed by atoms with E-state index in [-0.39, 0.29) is 0 Å². The summed E-state index contributed by atoms with van der Waals surface area (Å²) in [6, 6.07) is 14.1. The first-order valence-electron chi connectivity index (χ1n) is 8.34. The first kappa shape index (κ1) is 17.7. The van der Waals surface area contributed by atoms with Gasteiger partial charge in [0.1, 0.15) is 25.8 Å². The van der Waals surface area contributed by atoms with Crippen molar-refractivity contribution < 1.29 is 9.57 Å². The van der Waals surface area contributed by atoms with E-state index in [4.69, 9.17) is 9.57 Å². The van der Waals surface area contributed by atoms with Crippen molar-refractivity contribution in [2.24, 2.45) is 12.2 Å². The number of ether oxygens (including phenoxy) is 1. The fourth-order valence-corrected chi connectivity index (χ4v) is 2.71. The molecular formula is C20H22N4O2. The van der Waals surface area contributed by atoms with Crippen molar-refractivity contribution in [3.8, 4) is 5.75 Å². The maximum absolute atomic E-state index is 6.08. The van der Waals surface area contributed by atoms with Crippen LogP contribution in [0.15, 0.2) is 53.9 Å². The van der Waals surface area contributed by atoms with Crippen LogP contribution in [0.4, 0.5) is 0 Å². The van der Waals surface area contributed by atoms with E-state index in [0.717, 1.165) is 22.4 Å². The fraction of sp³-hybridized carbons (Fsp3) is 0.250. The molecule has 0 saturated heterocycles. The number of hydrogen-bond donors (Lipinski definition) is 0. The summed E-state index contributed by atoms with van der Waals surface area (Å²) in [5.41, 5.74) is 4.78. The van der Waals surface area contributed by atoms with Gasteiger partial charge >= 0.3 is 0 Å². The van der Waals surface area contributed by atoms with Crippen molar-refractivity contribution in [1.82, 2.24) is 14.8 Å². The molecule has 0 fully saturated rings. The molecule has 6 nitrogen and oxygen atoms in total. The highest BCUT2D eigenvalue weighted by atomic mass is 16.6. The lowest BCUT2D eigenvalue weighted by atomic mass is 10.0. The molecule has 0 spiro atoms. The summed E-state index contributed by atoms with van der Waals surface area (Å²) < 4.78 is 7.75. The van der Waals surface area contributed by atoms with Gasteiger partial charge in [0.05, 0.1) is 0 Å². The van der Waals surface area contributed by atoms with E-state index in [1.54, 1.807) is 4.68 Å². The van der Waals surface area contributed by atoms with Crippen LogP contribution in [0.5, 0.6) is 5.75 Å². The summed E-state index contributed by atoms with van der Waals surface area (Å²) in [7, 11) is 3.34. The van der Waals surface area contributed by atoms with Crippen LogP contribution in [0.25, 0.3) is 0 Å². The van der Waals surface area contributed by atoms with Gasteiger partial charge in [0.15, 0.2) is 11.5 Å². The van der Waals surface area contributed by atoms with Crippen LogP contribution in [-0.4, -0.2) is 27.6 Å². The summed E-state index contributed by atoms with van der Waals surface area (Å²) in [5.74, 6) is 1.51. The number of aryl methyl sites for hydroxylation is 3. The molecule has 0 atom stereocenters. The molecule has 134 valence electrons. The lowest BCUT2D eigenvalue weighted by molar-refractivity contribution is 0.213. The highest BCUT2D eigenvalue weighted by molar-refractivity contribution is 6.11. The zero-order chi connectivity index (χ0) is 18.5. The predicted molar refractivity (Wildman–Crippen MR) is 100 cm³/mol. The Labute approximate surface area is 153 Å². The molecule has 2 aromatic carbocycles. The first-order chi connectivity index (χ1) is 12.6. The number of aromatic nitrogens is 3. The minimum atomic E-state index is 0.418. The Balaban J connectivity index is 1.94. The Kier molecular flexibility index (Phi) is 5.31. The smallest absolute Gasteiger partial charge is 0.180 e. The van der Waals surface area contributed by atoms with Crippen LogP contribution in [-0.2, 0) is 18.5 Å². The number of benzene rings is 2. The van der Waals surface area contributed by atoms with Gasteiger partial charge in [0, 0.05) is 12.6 Å². The predicted octanol–water partition coefficient (Wildman–Crippen LogP) is 3.41. The summed E-state index contributed by atoms with van der Waals surface area (Å²) in [4.78, 5) is 9.35. The highest BCUT2D eigenvalue weighted by Crippen LogP contribution is 2.22. The highest BCUT2D eigenvalue weighted by Gasteiger charge is 2.17. The number of nitrogens with zero attached hydrogens (tertiary/aromatic N) is 4. The SMILES string of the molecule is CO/N=C(\c1ccccc1COc1cc(C)ccc1C)c1ncnn1C. The molecule has 3 aromatic rings. The maximum Gasteiger partial charge on any atom is 0.180 e. The van der Waals surface area contributed by atoms with E-state index in [1.165, 1.54) is 19.0 Å². The van der Waals surface area contributed by atoms with Gasteiger partial charge in [-0.05, 0) is 36.6 Å². The third-order valence-electron chi connectivity index (χ3n) is 4.11. The molecule has 0 bridgehead atoms. The molecule has 6 heteroatoms. The van der Waals surface area contributed by atoms with E-state index >= 15 is 0 Å². The summed E-state index contributed by atoms with van der Waals surface area (Å²) in [6.07, 6.45) is 1.50. The van der Waals surface area contributed by atoms with Crippen LogP contribution in [0.3, 0.4) is 0 Å². The van der Waals surface area contributed by atoms with Crippen molar-refractivity contribution in [2.75, 3.05) is 7.11 Å². The van der Waals surface area contributed by atoms with Crippen LogP contribution >= 0.6 is 0 Å². The quantitative estimate of drug-likeness (QED) is 0.505. The van der Waals surface area contributed by atoms with Crippen molar-refractivity contribution in [3.05, 3.63) is 76.9 Å². The molecule has 0 saturated carbocycles. The molecule has 0 aliphatic carbocycles. The maximum atomic E-state index is 6.08. The van der Waals surface area contributed by atoms with E-state index in [2.05, 4.69) is 34.3 Å². The average molecular weight is 350 g/mol. The average Bonchev–Trinajstić information content (AvgIpc) is 3.06. The topological polar surface area (TPSA) is 61.5 Å². The lowest BCUT2D eigenvalue weighted by Crippen LogP contribution is -2.14. The molecule has 1 aromatic heterocycles. The van der Waals surface area contributed by atoms with E-state index in [0.29, 0.717) is 18.1 Å². The van der Waals surface area contributed by atoms with Crippen LogP contribution in [0.1, 0.15) is 28.1 Å². The molecule has 0 unspecified atom stereocenters. The van der Waals surface area contributed by atoms with Crippen molar-refractivity contribution in [2.45, 2.75) is 20.5 Å². The van der Waals surface area contributed by atoms with Crippen LogP contribution < -0.4 is 4.74 Å². The Hall–Kier alpha value is -3.15. The second kappa shape index (κ2) is 7.82. The first-order valence-corrected chi connectivity index (χ1v) is 8.34. The van der Waals surface area contributed by atoms with Crippen molar-refractivity contribution >= 4 is 5.71 Å². The van der Waals surface area contributed by atoms with Gasteiger partial charge in [-0.25, -0.2) is 9.67 Å². The second-order valence-electron chi connectivity index (χ2n) is 6.04. The Bertz CT molecular complexity index is 931. The van der Waals surface area contributed by atoms with Gasteiger partial charge in [0.25, 0.3) is 0 Å². The molecule has 0 radical (unpaired) electrons. The van der Waals surface area contributed by atoms with Gasteiger partial charge in [-0.15, -0.1) is 0 Å². The second-order valence-corrected chi connectivity index (χ2v) is 6.04. The van der Waals surface area contributed by atoms with E-state index in [9.17, 15) is 0 Å². The number of hydrogen-bond acceptors (Lipinski definition) is 5. The molecule has 1 heterocycles. The van der Waals surface area contributed by atoms with Gasteiger partial charge in [0.2, 0.25) is 0 Å². The van der Waals surface area contributed by atoms with Gasteiger partial charge < -0.3 is 9.57 Å². The molecule has 0 amide bonds. The van der Waals surface area contributed by atoms with E-state index in [1.807, 2.05) is 44.3 Å². The van der Waals surface area contributed by atoms with Crippen LogP contribution in [0.2, 0.25) is 0 Å². The molecule has 0 N–H and O–H groups in total. The monoisotopic (exact) mass is 350 g/mol. The molecule has 3 rings (SSSR count). The Morgan fingerprint density at radius 1 is 1.15 bits per heavy atom. The Morgan fingerprint density at radius 2 is 1.96 bits per heavy atom. The molecular weight excluding hydrogens is 328 g/mol. The van der Waals surface area contributed by atoms with Crippen molar-refractivity contribution in [1.29, 1.82) is 0 Å². The summed E-state index contributed by atoms with van der Waals surface area (Å²) in [5, 5.41) is 8.31. The standard InChI is InChI=1S/C20H22N4O2/c1-14-9-10-15(2)18(11-14)26-12-16-7-5-6-8-17(16)19(23-25-4)20-21-13-22-24(20)3/h5-11,13H,12H2,1-4H3/b23-19+. The summed E-state index contributed by atoms with van der Waals surface area (Å²) in [6.45, 7) is 4.51. The molecule has 0 aliphatic heterocycles. The number of rotatable bonds is 6. The van der Waals surface area contributed by atoms with Crippen LogP contribution in [0, 0.1) is 13.8 Å². The lowest BCUT2D eigenvalue weighted by Gasteiger charge is -2.14. The largest absolute Gasteiger partial charge is 0.489 e. The minimum absolute atomic E-state index is 0.418. The van der Waals surface area contributed by atoms with Gasteiger partial charge in [-0.3, -0.25) is 0 Å².